The summed E-state index contributed by atoms with van der Waals surface area (Å²) >= 11 is 0. The average molecular weight is 1130 g/mol. The second-order valence-electron chi connectivity index (χ2n) is 22.9. The maximum Gasteiger partial charge on any atom is 0.113 e. The standard InChI is InChI=1S/C84H53N5/c1-7-23-54(24-8-1)72-50-71(55-41-43-66(44-42-55)89-53-73(87-88-89)65-48-63(61-35-21-45-85-51-61)47-64(49-65)62-36-22-46-86-52-62)74(56-25-9-2-10-26-56)82-68-38-20-40-70-80(68)79-67(81(72)82)37-19-39-69(79)83-77(59-31-15-5-16-32-59)75(57-27-11-3-12-28-57)76(58-29-13-4-14-30-58)78(84(70)83)60-33-17-6-18-34-60/h1-53H. The molecule has 0 aliphatic rings. The smallest absolute Gasteiger partial charge is 0.113 e. The van der Waals surface area contributed by atoms with Crippen molar-refractivity contribution in [3.63, 3.8) is 0 Å². The van der Waals surface area contributed by atoms with Gasteiger partial charge in [0.25, 0.3) is 0 Å². The van der Waals surface area contributed by atoms with Crippen LogP contribution in [0.1, 0.15) is 0 Å². The molecule has 14 aromatic carbocycles. The number of benzene rings is 14. The van der Waals surface area contributed by atoms with Gasteiger partial charge in [0.2, 0.25) is 0 Å². The molecule has 414 valence electrons. The van der Waals surface area contributed by atoms with E-state index < -0.39 is 0 Å². The van der Waals surface area contributed by atoms with E-state index in [0.29, 0.717) is 0 Å². The van der Waals surface area contributed by atoms with Gasteiger partial charge < -0.3 is 0 Å². The van der Waals surface area contributed by atoms with Crippen LogP contribution in [0.4, 0.5) is 0 Å². The van der Waals surface area contributed by atoms with Crippen LogP contribution >= 0.6 is 0 Å². The van der Waals surface area contributed by atoms with E-state index in [1.54, 1.807) is 12.4 Å². The van der Waals surface area contributed by atoms with Crippen LogP contribution in [-0.4, -0.2) is 25.0 Å². The van der Waals surface area contributed by atoms with Crippen LogP contribution in [0.5, 0.6) is 0 Å². The van der Waals surface area contributed by atoms with Crippen LogP contribution in [0.15, 0.2) is 322 Å². The maximum atomic E-state index is 4.79. The molecule has 0 aliphatic carbocycles. The predicted octanol–water partition coefficient (Wildman–Crippen LogP) is 21.9. The zero-order chi connectivity index (χ0) is 58.8. The van der Waals surface area contributed by atoms with Gasteiger partial charge in [-0.05, 0) is 191 Å². The molecular weight excluding hydrogens is 1080 g/mol. The minimum Gasteiger partial charge on any atom is -0.264 e. The van der Waals surface area contributed by atoms with E-state index in [4.69, 9.17) is 10.3 Å². The minimum atomic E-state index is 0.760. The minimum absolute atomic E-state index is 0.760. The van der Waals surface area contributed by atoms with Crippen molar-refractivity contribution in [2.24, 2.45) is 0 Å². The van der Waals surface area contributed by atoms with Gasteiger partial charge in [0, 0.05) is 41.5 Å². The van der Waals surface area contributed by atoms with Gasteiger partial charge in [0.15, 0.2) is 0 Å². The van der Waals surface area contributed by atoms with Crippen LogP contribution in [0.3, 0.4) is 0 Å². The first kappa shape index (κ1) is 51.5. The molecule has 0 amide bonds. The van der Waals surface area contributed by atoms with Gasteiger partial charge in [0.1, 0.15) is 5.69 Å². The molecule has 17 rings (SSSR count). The largest absolute Gasteiger partial charge is 0.264 e. The zero-order valence-corrected chi connectivity index (χ0v) is 48.3. The number of hydrogen-bond donors (Lipinski definition) is 0. The second kappa shape index (κ2) is 21.5. The molecule has 0 N–H and O–H groups in total. The first-order valence-corrected chi connectivity index (χ1v) is 30.2. The fourth-order valence-electron chi connectivity index (χ4n) is 14.0. The van der Waals surface area contributed by atoms with Gasteiger partial charge in [-0.15, -0.1) is 5.10 Å². The highest BCUT2D eigenvalue weighted by Gasteiger charge is 2.30. The van der Waals surface area contributed by atoms with E-state index in [1.165, 1.54) is 109 Å². The van der Waals surface area contributed by atoms with E-state index in [0.717, 1.165) is 61.5 Å². The molecule has 0 radical (unpaired) electrons. The Kier molecular flexibility index (Phi) is 12.5. The summed E-state index contributed by atoms with van der Waals surface area (Å²) in [4.78, 5) is 8.88. The van der Waals surface area contributed by atoms with Crippen molar-refractivity contribution >= 4 is 53.9 Å². The first-order chi connectivity index (χ1) is 44.2. The molecule has 0 saturated heterocycles. The molecule has 0 unspecified atom stereocenters. The number of rotatable bonds is 11. The highest BCUT2D eigenvalue weighted by molar-refractivity contribution is 6.46. The lowest BCUT2D eigenvalue weighted by atomic mass is 9.74. The monoisotopic (exact) mass is 1130 g/mol. The molecule has 0 atom stereocenters. The number of fused-ring (bicyclic) bond motifs is 6. The van der Waals surface area contributed by atoms with Crippen LogP contribution in [0.2, 0.25) is 0 Å². The Balaban J connectivity index is 0.955. The molecule has 3 heterocycles. The quantitative estimate of drug-likeness (QED) is 0.0957. The summed E-state index contributed by atoms with van der Waals surface area (Å²) in [6, 6.07) is 106. The summed E-state index contributed by atoms with van der Waals surface area (Å²) in [5.74, 6) is 0. The van der Waals surface area contributed by atoms with Gasteiger partial charge >= 0.3 is 0 Å². The Labute approximate surface area is 515 Å². The molecule has 0 spiro atoms. The third-order valence-electron chi connectivity index (χ3n) is 17.8. The fraction of sp³-hybridized carbons (Fsp3) is 0. The predicted molar refractivity (Wildman–Crippen MR) is 370 cm³/mol. The zero-order valence-electron chi connectivity index (χ0n) is 48.3. The van der Waals surface area contributed by atoms with Gasteiger partial charge in [-0.3, -0.25) is 9.97 Å². The van der Waals surface area contributed by atoms with Crippen molar-refractivity contribution in [2.45, 2.75) is 0 Å². The van der Waals surface area contributed by atoms with Gasteiger partial charge in [-0.2, -0.15) is 0 Å². The molecule has 3 aromatic heterocycles. The van der Waals surface area contributed by atoms with Gasteiger partial charge in [-0.25, -0.2) is 4.68 Å². The van der Waals surface area contributed by atoms with Crippen LogP contribution in [0.25, 0.3) is 171 Å². The molecule has 0 aliphatic heterocycles. The van der Waals surface area contributed by atoms with Crippen molar-refractivity contribution in [3.8, 4) is 117 Å². The first-order valence-electron chi connectivity index (χ1n) is 30.2. The lowest BCUT2D eigenvalue weighted by Gasteiger charge is -2.28. The van der Waals surface area contributed by atoms with Crippen molar-refractivity contribution in [1.29, 1.82) is 0 Å². The van der Waals surface area contributed by atoms with E-state index in [1.807, 2.05) is 35.4 Å². The lowest BCUT2D eigenvalue weighted by Crippen LogP contribution is -2.00. The average Bonchev–Trinajstić information content (AvgIpc) is 0.869. The number of hydrogen-bond acceptors (Lipinski definition) is 4. The Hall–Kier alpha value is -11.9. The highest BCUT2D eigenvalue weighted by Crippen LogP contribution is 2.58. The van der Waals surface area contributed by atoms with Crippen molar-refractivity contribution in [2.75, 3.05) is 0 Å². The van der Waals surface area contributed by atoms with E-state index in [-0.39, 0.29) is 0 Å². The Morgan fingerprint density at radius 2 is 0.607 bits per heavy atom. The normalized spacial score (nSPS) is 11.6. The summed E-state index contributed by atoms with van der Waals surface area (Å²) in [6.07, 6.45) is 9.41. The third-order valence-corrected chi connectivity index (χ3v) is 17.8. The molecule has 0 saturated carbocycles. The molecule has 0 bridgehead atoms. The maximum absolute atomic E-state index is 4.79. The van der Waals surface area contributed by atoms with Crippen LogP contribution < -0.4 is 0 Å². The highest BCUT2D eigenvalue weighted by atomic mass is 15.4. The summed E-state index contributed by atoms with van der Waals surface area (Å²) in [5.41, 5.74) is 23.1. The Bertz CT molecular complexity index is 5410. The van der Waals surface area contributed by atoms with Crippen molar-refractivity contribution in [3.05, 3.63) is 322 Å². The van der Waals surface area contributed by atoms with E-state index in [9.17, 15) is 0 Å². The van der Waals surface area contributed by atoms with Crippen LogP contribution in [0, 0.1) is 0 Å². The summed E-state index contributed by atoms with van der Waals surface area (Å²) in [6.45, 7) is 0. The number of pyridine rings is 2. The van der Waals surface area contributed by atoms with Gasteiger partial charge in [-0.1, -0.05) is 248 Å². The van der Waals surface area contributed by atoms with E-state index >= 15 is 0 Å². The fourth-order valence-corrected chi connectivity index (χ4v) is 14.0. The van der Waals surface area contributed by atoms with Crippen LogP contribution in [-0.2, 0) is 0 Å². The molecule has 89 heavy (non-hydrogen) atoms. The van der Waals surface area contributed by atoms with Crippen molar-refractivity contribution in [1.82, 2.24) is 25.0 Å². The van der Waals surface area contributed by atoms with E-state index in [2.05, 4.69) is 289 Å². The molecular formula is C84H53N5. The Morgan fingerprint density at radius 3 is 1.04 bits per heavy atom. The molecule has 0 fully saturated rings. The summed E-state index contributed by atoms with van der Waals surface area (Å²) < 4.78 is 1.88. The number of nitrogens with zero attached hydrogens (tertiary/aromatic N) is 5. The lowest BCUT2D eigenvalue weighted by molar-refractivity contribution is 0.804. The van der Waals surface area contributed by atoms with Crippen molar-refractivity contribution < 1.29 is 0 Å². The topological polar surface area (TPSA) is 56.5 Å². The molecule has 17 aromatic rings. The molecule has 5 heteroatoms. The Morgan fingerprint density at radius 1 is 0.236 bits per heavy atom. The molecule has 5 nitrogen and oxygen atoms in total. The summed E-state index contributed by atoms with van der Waals surface area (Å²) in [5, 5.41) is 21.9. The second-order valence-corrected chi connectivity index (χ2v) is 22.9. The number of aromatic nitrogens is 5. The third kappa shape index (κ3) is 8.70. The van der Waals surface area contributed by atoms with Gasteiger partial charge in [0.05, 0.1) is 11.9 Å². The summed E-state index contributed by atoms with van der Waals surface area (Å²) in [7, 11) is 0. The SMILES string of the molecule is c1ccc(-c2c(-c3ccccc3)c(-c3ccccc3)c3c4cccc5c6c(-c7ccccc7)c(-c7ccc(-n8cc(-c9cc(-c%10cccnc%10)cc(-c%10cccnc%10)c9)nn8)cc7)cc(-c7ccccc7)c6c6cccc(c3c2-c2ccccc2)c6c54)cc1.